The molecule has 4 heteroatoms. The van der Waals surface area contributed by atoms with Crippen molar-refractivity contribution in [1.82, 2.24) is 0 Å². The standard InChI is InChI=1S/C21H20O3S/c1-15-11-13-16(14-12-15)25(22)20-10-6-9-19(24-3)21(20)17-7-4-5-8-18(17)23-2/h4-14H,1-3H3/t25-/m0/s1. The number of hydrogen-bond acceptors (Lipinski definition) is 3. The molecule has 3 aromatic rings. The Morgan fingerprint density at radius 1 is 0.760 bits per heavy atom. The maximum atomic E-state index is 13.2. The summed E-state index contributed by atoms with van der Waals surface area (Å²) in [6.07, 6.45) is 0. The quantitative estimate of drug-likeness (QED) is 0.659. The summed E-state index contributed by atoms with van der Waals surface area (Å²) in [5.41, 5.74) is 2.79. The van der Waals surface area contributed by atoms with Gasteiger partial charge in [-0.05, 0) is 37.3 Å². The Morgan fingerprint density at radius 2 is 1.40 bits per heavy atom. The molecule has 0 amide bonds. The smallest absolute Gasteiger partial charge is 0.128 e. The van der Waals surface area contributed by atoms with Crippen molar-refractivity contribution in [3.63, 3.8) is 0 Å². The third-order valence-electron chi connectivity index (χ3n) is 4.02. The minimum atomic E-state index is -1.32. The molecule has 0 saturated carbocycles. The van der Waals surface area contributed by atoms with Gasteiger partial charge in [-0.1, -0.05) is 42.0 Å². The highest BCUT2D eigenvalue weighted by Crippen LogP contribution is 2.41. The Balaban J connectivity index is 2.21. The number of rotatable bonds is 5. The van der Waals surface area contributed by atoms with E-state index in [2.05, 4.69) is 0 Å². The highest BCUT2D eigenvalue weighted by atomic mass is 32.2. The highest BCUT2D eigenvalue weighted by Gasteiger charge is 2.20. The van der Waals surface area contributed by atoms with E-state index in [1.165, 1.54) is 0 Å². The Kier molecular flexibility index (Phi) is 5.19. The minimum Gasteiger partial charge on any atom is -0.496 e. The number of benzene rings is 3. The summed E-state index contributed by atoms with van der Waals surface area (Å²) in [6, 6.07) is 21.0. The predicted octanol–water partition coefficient (Wildman–Crippen LogP) is 4.85. The first-order chi connectivity index (χ1) is 12.2. The van der Waals surface area contributed by atoms with Gasteiger partial charge >= 0.3 is 0 Å². The number of ether oxygens (including phenoxy) is 2. The monoisotopic (exact) mass is 352 g/mol. The average Bonchev–Trinajstić information content (AvgIpc) is 2.67. The molecule has 0 heterocycles. The third-order valence-corrected chi connectivity index (χ3v) is 5.46. The van der Waals surface area contributed by atoms with E-state index in [9.17, 15) is 4.21 Å². The molecule has 0 fully saturated rings. The van der Waals surface area contributed by atoms with E-state index in [0.717, 1.165) is 21.6 Å². The van der Waals surface area contributed by atoms with Crippen LogP contribution >= 0.6 is 0 Å². The predicted molar refractivity (Wildman–Crippen MR) is 101 cm³/mol. The lowest BCUT2D eigenvalue weighted by Gasteiger charge is -2.16. The van der Waals surface area contributed by atoms with Crippen molar-refractivity contribution in [2.75, 3.05) is 14.2 Å². The van der Waals surface area contributed by atoms with Gasteiger partial charge in [-0.15, -0.1) is 0 Å². The van der Waals surface area contributed by atoms with Crippen molar-refractivity contribution in [2.24, 2.45) is 0 Å². The van der Waals surface area contributed by atoms with Crippen LogP contribution in [0.4, 0.5) is 0 Å². The van der Waals surface area contributed by atoms with E-state index in [1.807, 2.05) is 73.7 Å². The van der Waals surface area contributed by atoms with Crippen LogP contribution < -0.4 is 9.47 Å². The first-order valence-corrected chi connectivity index (χ1v) is 9.09. The van der Waals surface area contributed by atoms with Gasteiger partial charge in [0, 0.05) is 16.0 Å². The minimum absolute atomic E-state index is 0.669. The maximum Gasteiger partial charge on any atom is 0.128 e. The van der Waals surface area contributed by atoms with Crippen molar-refractivity contribution in [3.8, 4) is 22.6 Å². The molecule has 3 nitrogen and oxygen atoms in total. The van der Waals surface area contributed by atoms with Crippen molar-refractivity contribution in [3.05, 3.63) is 72.3 Å². The van der Waals surface area contributed by atoms with Crippen molar-refractivity contribution < 1.29 is 13.7 Å². The molecule has 0 radical (unpaired) electrons. The second-order valence-electron chi connectivity index (χ2n) is 5.62. The van der Waals surface area contributed by atoms with Crippen LogP contribution in [0.5, 0.6) is 11.5 Å². The van der Waals surface area contributed by atoms with Crippen LogP contribution in [0.2, 0.25) is 0 Å². The zero-order valence-corrected chi connectivity index (χ0v) is 15.3. The van der Waals surface area contributed by atoms with Crippen LogP contribution in [0, 0.1) is 6.92 Å². The molecule has 3 aromatic carbocycles. The fourth-order valence-corrected chi connectivity index (χ4v) is 3.98. The van der Waals surface area contributed by atoms with Crippen molar-refractivity contribution in [1.29, 1.82) is 0 Å². The Bertz CT molecular complexity index is 901. The van der Waals surface area contributed by atoms with E-state index < -0.39 is 10.8 Å². The number of methoxy groups -OCH3 is 2. The molecular formula is C21H20O3S. The van der Waals surface area contributed by atoms with Crippen molar-refractivity contribution in [2.45, 2.75) is 16.7 Å². The molecule has 1 atom stereocenters. The molecular weight excluding hydrogens is 332 g/mol. The molecule has 3 rings (SSSR count). The van der Waals surface area contributed by atoms with E-state index in [0.29, 0.717) is 16.4 Å². The first-order valence-electron chi connectivity index (χ1n) is 7.94. The van der Waals surface area contributed by atoms with Crippen LogP contribution in [0.15, 0.2) is 76.5 Å². The zero-order valence-electron chi connectivity index (χ0n) is 14.5. The van der Waals surface area contributed by atoms with E-state index in [1.54, 1.807) is 14.2 Å². The van der Waals surface area contributed by atoms with Gasteiger partial charge in [0.25, 0.3) is 0 Å². The van der Waals surface area contributed by atoms with Gasteiger partial charge in [0.15, 0.2) is 0 Å². The summed E-state index contributed by atoms with van der Waals surface area (Å²) in [7, 11) is 1.92. The molecule has 0 unspecified atom stereocenters. The topological polar surface area (TPSA) is 35.5 Å². The van der Waals surface area contributed by atoms with Gasteiger partial charge in [0.2, 0.25) is 0 Å². The van der Waals surface area contributed by atoms with E-state index >= 15 is 0 Å². The first kappa shape index (κ1) is 17.2. The van der Waals surface area contributed by atoms with Gasteiger partial charge in [-0.25, -0.2) is 4.21 Å². The third kappa shape index (κ3) is 3.44. The average molecular weight is 352 g/mol. The molecule has 0 saturated heterocycles. The zero-order chi connectivity index (χ0) is 17.8. The summed E-state index contributed by atoms with van der Waals surface area (Å²) < 4.78 is 24.3. The lowest BCUT2D eigenvalue weighted by atomic mass is 10.0. The number of para-hydroxylation sites is 1. The van der Waals surface area contributed by atoms with Crippen LogP contribution in [-0.4, -0.2) is 18.4 Å². The highest BCUT2D eigenvalue weighted by molar-refractivity contribution is 7.85. The summed E-state index contributed by atoms with van der Waals surface area (Å²) >= 11 is 0. The van der Waals surface area contributed by atoms with Crippen LogP contribution in [-0.2, 0) is 10.8 Å². The molecule has 0 aromatic heterocycles. The lowest BCUT2D eigenvalue weighted by Crippen LogP contribution is -2.00. The fraction of sp³-hybridized carbons (Fsp3) is 0.143. The molecule has 0 aliphatic heterocycles. The molecule has 0 aliphatic rings. The van der Waals surface area contributed by atoms with Crippen LogP contribution in [0.3, 0.4) is 0 Å². The molecule has 25 heavy (non-hydrogen) atoms. The number of aryl methyl sites for hydroxylation is 1. The second kappa shape index (κ2) is 7.53. The van der Waals surface area contributed by atoms with Gasteiger partial charge < -0.3 is 9.47 Å². The van der Waals surface area contributed by atoms with Crippen molar-refractivity contribution >= 4 is 10.8 Å². The SMILES string of the molecule is COc1ccccc1-c1c(OC)cccc1[S@@](=O)c1ccc(C)cc1. The molecule has 128 valence electrons. The van der Waals surface area contributed by atoms with Gasteiger partial charge in [0.1, 0.15) is 11.5 Å². The van der Waals surface area contributed by atoms with Crippen LogP contribution in [0.1, 0.15) is 5.56 Å². The van der Waals surface area contributed by atoms with Gasteiger partial charge in [0.05, 0.1) is 29.9 Å². The normalized spacial score (nSPS) is 11.8. The van der Waals surface area contributed by atoms with Crippen LogP contribution in [0.25, 0.3) is 11.1 Å². The van der Waals surface area contributed by atoms with E-state index in [4.69, 9.17) is 9.47 Å². The molecule has 0 spiro atoms. The summed E-state index contributed by atoms with van der Waals surface area (Å²) in [5, 5.41) is 0. The Morgan fingerprint density at radius 3 is 2.08 bits per heavy atom. The van der Waals surface area contributed by atoms with Gasteiger partial charge in [-0.2, -0.15) is 0 Å². The molecule has 0 bridgehead atoms. The summed E-state index contributed by atoms with van der Waals surface area (Å²) in [5.74, 6) is 1.39. The summed E-state index contributed by atoms with van der Waals surface area (Å²) in [6.45, 7) is 2.01. The fourth-order valence-electron chi connectivity index (χ4n) is 2.74. The second-order valence-corrected chi connectivity index (χ2v) is 7.06. The lowest BCUT2D eigenvalue weighted by molar-refractivity contribution is 0.409. The largest absolute Gasteiger partial charge is 0.496 e. The molecule has 0 aliphatic carbocycles. The van der Waals surface area contributed by atoms with E-state index in [-0.39, 0.29) is 0 Å². The number of hydrogen-bond donors (Lipinski definition) is 0. The maximum absolute atomic E-state index is 13.2. The van der Waals surface area contributed by atoms with Gasteiger partial charge in [-0.3, -0.25) is 0 Å². The Hall–Kier alpha value is -2.59. The molecule has 0 N–H and O–H groups in total. The summed E-state index contributed by atoms with van der Waals surface area (Å²) in [4.78, 5) is 1.46. The Labute approximate surface area is 150 Å².